The number of carbonyl (C=O) groups is 1. The van der Waals surface area contributed by atoms with E-state index in [1.54, 1.807) is 10.9 Å². The molecule has 3 N–H and O–H groups in total. The van der Waals surface area contributed by atoms with Crippen LogP contribution in [0.2, 0.25) is 0 Å². The summed E-state index contributed by atoms with van der Waals surface area (Å²) in [5.41, 5.74) is 6.17. The van der Waals surface area contributed by atoms with Crippen LogP contribution in [0.4, 0.5) is 5.69 Å². The number of aromatic carboxylic acids is 1. The number of nitrogen functional groups attached to an aromatic ring is 1. The molecule has 0 aromatic carbocycles. The predicted molar refractivity (Wildman–Crippen MR) is 63.6 cm³/mol. The largest absolute Gasteiger partial charge is 0.476 e. The lowest BCUT2D eigenvalue weighted by molar-refractivity contribution is 0.0690. The highest BCUT2D eigenvalue weighted by Gasteiger charge is 2.12. The van der Waals surface area contributed by atoms with Gasteiger partial charge in [0.15, 0.2) is 11.5 Å². The summed E-state index contributed by atoms with van der Waals surface area (Å²) < 4.78 is 3.01. The van der Waals surface area contributed by atoms with Crippen molar-refractivity contribution in [3.8, 4) is 5.82 Å². The van der Waals surface area contributed by atoms with Crippen molar-refractivity contribution in [2.24, 2.45) is 0 Å². The van der Waals surface area contributed by atoms with Gasteiger partial charge in [0.2, 0.25) is 0 Å². The second-order valence-corrected chi connectivity index (χ2v) is 3.21. The lowest BCUT2D eigenvalue weighted by atomic mass is 10.4. The molecule has 0 saturated carbocycles. The highest BCUT2D eigenvalue weighted by Crippen LogP contribution is 2.14. The molecule has 0 saturated heterocycles. The Kier molecular flexibility index (Phi) is 3.74. The number of nitrogens with zero attached hydrogens (tertiary/aromatic N) is 4. The van der Waals surface area contributed by atoms with Crippen LogP contribution in [-0.4, -0.2) is 30.6 Å². The van der Waals surface area contributed by atoms with Crippen LogP contribution in [-0.2, 0) is 6.54 Å². The number of hydrogen-bond donors (Lipinski definition) is 2. The standard InChI is InChI=1S/C9H11N5O2.ClH/c1-2-13-5-6(10)8(12-13)14-4-3-7(11-14)9(15)16;/h3-5H,2,10H2,1H3,(H,15,16);1H. The molecule has 0 bridgehead atoms. The third-order valence-corrected chi connectivity index (χ3v) is 2.12. The molecule has 7 nitrogen and oxygen atoms in total. The van der Waals surface area contributed by atoms with Gasteiger partial charge in [-0.15, -0.1) is 12.4 Å². The zero-order valence-corrected chi connectivity index (χ0v) is 9.89. The molecule has 2 aromatic heterocycles. The van der Waals surface area contributed by atoms with Crippen LogP contribution in [0.1, 0.15) is 17.4 Å². The molecule has 2 aromatic rings. The van der Waals surface area contributed by atoms with Crippen molar-refractivity contribution in [3.05, 3.63) is 24.2 Å². The highest BCUT2D eigenvalue weighted by molar-refractivity contribution is 5.85. The second-order valence-electron chi connectivity index (χ2n) is 3.21. The monoisotopic (exact) mass is 257 g/mol. The van der Waals surface area contributed by atoms with Gasteiger partial charge in [-0.25, -0.2) is 9.48 Å². The first kappa shape index (κ1) is 13.0. The Labute approximate surface area is 103 Å². The van der Waals surface area contributed by atoms with E-state index in [0.29, 0.717) is 18.1 Å². The van der Waals surface area contributed by atoms with Crippen molar-refractivity contribution in [1.29, 1.82) is 0 Å². The van der Waals surface area contributed by atoms with Crippen molar-refractivity contribution in [2.75, 3.05) is 5.73 Å². The zero-order chi connectivity index (χ0) is 11.7. The van der Waals surface area contributed by atoms with Gasteiger partial charge >= 0.3 is 5.97 Å². The first-order valence-electron chi connectivity index (χ1n) is 4.74. The number of anilines is 1. The predicted octanol–water partition coefficient (Wildman–Crippen LogP) is 0.791. The van der Waals surface area contributed by atoms with Gasteiger partial charge in [0.05, 0.1) is 11.9 Å². The van der Waals surface area contributed by atoms with Crippen LogP contribution >= 0.6 is 12.4 Å². The zero-order valence-electron chi connectivity index (χ0n) is 9.07. The summed E-state index contributed by atoms with van der Waals surface area (Å²) >= 11 is 0. The fourth-order valence-electron chi connectivity index (χ4n) is 1.32. The molecule has 0 spiro atoms. The average molecular weight is 258 g/mol. The van der Waals surface area contributed by atoms with Crippen molar-refractivity contribution in [1.82, 2.24) is 19.6 Å². The minimum Gasteiger partial charge on any atom is -0.476 e. The molecular formula is C9H12ClN5O2. The van der Waals surface area contributed by atoms with Crippen LogP contribution in [0.5, 0.6) is 0 Å². The summed E-state index contributed by atoms with van der Waals surface area (Å²) in [7, 11) is 0. The van der Waals surface area contributed by atoms with Crippen molar-refractivity contribution < 1.29 is 9.90 Å². The molecular weight excluding hydrogens is 246 g/mol. The lowest BCUT2D eigenvalue weighted by Gasteiger charge is -1.96. The normalized spacial score (nSPS) is 9.94. The molecule has 0 amide bonds. The van der Waals surface area contributed by atoms with E-state index >= 15 is 0 Å². The molecule has 0 radical (unpaired) electrons. The minimum absolute atomic E-state index is 0. The summed E-state index contributed by atoms with van der Waals surface area (Å²) in [6.45, 7) is 2.62. The van der Waals surface area contributed by atoms with E-state index in [1.165, 1.54) is 16.9 Å². The smallest absolute Gasteiger partial charge is 0.356 e. The van der Waals surface area contributed by atoms with Crippen LogP contribution in [0, 0.1) is 0 Å². The number of hydrogen-bond acceptors (Lipinski definition) is 4. The summed E-state index contributed by atoms with van der Waals surface area (Å²) in [5, 5.41) is 16.8. The Morgan fingerprint density at radius 2 is 2.24 bits per heavy atom. The molecule has 0 aliphatic rings. The van der Waals surface area contributed by atoms with Gasteiger partial charge < -0.3 is 10.8 Å². The first-order valence-corrected chi connectivity index (χ1v) is 4.74. The molecule has 2 heterocycles. The molecule has 8 heteroatoms. The maximum atomic E-state index is 10.7. The molecule has 0 atom stereocenters. The molecule has 92 valence electrons. The third-order valence-electron chi connectivity index (χ3n) is 2.12. The first-order chi connectivity index (χ1) is 7.61. The number of aryl methyl sites for hydroxylation is 1. The van der Waals surface area contributed by atoms with E-state index in [1.807, 2.05) is 6.92 Å². The molecule has 0 aliphatic carbocycles. The highest BCUT2D eigenvalue weighted by atomic mass is 35.5. The fraction of sp³-hybridized carbons (Fsp3) is 0.222. The molecule has 17 heavy (non-hydrogen) atoms. The number of nitrogens with two attached hydrogens (primary N) is 1. The van der Waals surface area contributed by atoms with E-state index < -0.39 is 5.97 Å². The van der Waals surface area contributed by atoms with Crippen molar-refractivity contribution >= 4 is 24.1 Å². The summed E-state index contributed by atoms with van der Waals surface area (Å²) in [6.07, 6.45) is 3.19. The molecule has 0 fully saturated rings. The Balaban J connectivity index is 0.00000144. The van der Waals surface area contributed by atoms with Crippen LogP contribution in [0.3, 0.4) is 0 Å². The Hall–Kier alpha value is -2.02. The van der Waals surface area contributed by atoms with Crippen LogP contribution < -0.4 is 5.73 Å². The quantitative estimate of drug-likeness (QED) is 0.847. The Morgan fingerprint density at radius 3 is 2.71 bits per heavy atom. The SMILES string of the molecule is CCn1cc(N)c(-n2ccc(C(=O)O)n2)n1.Cl. The third kappa shape index (κ3) is 2.39. The number of carboxylic acids is 1. The van der Waals surface area contributed by atoms with E-state index in [4.69, 9.17) is 10.8 Å². The van der Waals surface area contributed by atoms with Crippen LogP contribution in [0.25, 0.3) is 5.82 Å². The van der Waals surface area contributed by atoms with E-state index in [9.17, 15) is 4.79 Å². The van der Waals surface area contributed by atoms with Gasteiger partial charge in [0.1, 0.15) is 0 Å². The topological polar surface area (TPSA) is 99.0 Å². The maximum absolute atomic E-state index is 10.7. The van der Waals surface area contributed by atoms with Crippen LogP contribution in [0.15, 0.2) is 18.5 Å². The Bertz CT molecular complexity index is 533. The summed E-state index contributed by atoms with van der Waals surface area (Å²) in [5.74, 6) is -0.637. The number of aromatic nitrogens is 4. The molecule has 0 unspecified atom stereocenters. The number of carboxylic acid groups (broad SMARTS) is 1. The van der Waals surface area contributed by atoms with E-state index in [2.05, 4.69) is 10.2 Å². The number of halogens is 1. The molecule has 0 aliphatic heterocycles. The van der Waals surface area contributed by atoms with Gasteiger partial charge in [0.25, 0.3) is 0 Å². The molecule has 2 rings (SSSR count). The number of rotatable bonds is 3. The second kappa shape index (κ2) is 4.88. The van der Waals surface area contributed by atoms with Crippen molar-refractivity contribution in [3.63, 3.8) is 0 Å². The average Bonchev–Trinajstić information content (AvgIpc) is 2.83. The summed E-state index contributed by atoms with van der Waals surface area (Å²) in [6, 6.07) is 1.40. The van der Waals surface area contributed by atoms with Gasteiger partial charge in [-0.05, 0) is 13.0 Å². The minimum atomic E-state index is -1.08. The van der Waals surface area contributed by atoms with Gasteiger partial charge in [-0.2, -0.15) is 10.2 Å². The van der Waals surface area contributed by atoms with Gasteiger partial charge in [-0.3, -0.25) is 4.68 Å². The van der Waals surface area contributed by atoms with Gasteiger partial charge in [0, 0.05) is 12.7 Å². The Morgan fingerprint density at radius 1 is 1.53 bits per heavy atom. The summed E-state index contributed by atoms with van der Waals surface area (Å²) in [4.78, 5) is 10.7. The van der Waals surface area contributed by atoms with Gasteiger partial charge in [-0.1, -0.05) is 0 Å². The van der Waals surface area contributed by atoms with Crippen molar-refractivity contribution in [2.45, 2.75) is 13.5 Å². The maximum Gasteiger partial charge on any atom is 0.356 e. The van der Waals surface area contributed by atoms with E-state index in [-0.39, 0.29) is 18.1 Å². The fourth-order valence-corrected chi connectivity index (χ4v) is 1.32. The lowest BCUT2D eigenvalue weighted by Crippen LogP contribution is -2.04. The van der Waals surface area contributed by atoms with E-state index in [0.717, 1.165) is 0 Å².